The molecule has 7 heavy (non-hydrogen) atoms. The first-order chi connectivity index (χ1) is 3.50. The molecule has 0 bridgehead atoms. The van der Waals surface area contributed by atoms with E-state index >= 15 is 0 Å². The molecule has 0 amide bonds. The lowest BCUT2D eigenvalue weighted by molar-refractivity contribution is 0.330. The summed E-state index contributed by atoms with van der Waals surface area (Å²) in [6.07, 6.45) is 6.96. The Kier molecular flexibility index (Phi) is 1.50. The highest BCUT2D eigenvalue weighted by molar-refractivity contribution is 5.47. The maximum Gasteiger partial charge on any atom is 0.278 e. The number of ether oxygens (including phenoxy) is 1. The molecule has 0 aliphatic carbocycles. The van der Waals surface area contributed by atoms with Crippen molar-refractivity contribution in [3.63, 3.8) is 0 Å². The van der Waals surface area contributed by atoms with Crippen molar-refractivity contribution in [3.8, 4) is 0 Å². The summed E-state index contributed by atoms with van der Waals surface area (Å²) in [5.41, 5.74) is 0. The quantitative estimate of drug-likeness (QED) is 0.437. The summed E-state index contributed by atoms with van der Waals surface area (Å²) < 4.78 is 4.72. The van der Waals surface area contributed by atoms with Crippen LogP contribution in [0.4, 0.5) is 0 Å². The van der Waals surface area contributed by atoms with Crippen LogP contribution in [0.2, 0.25) is 0 Å². The van der Waals surface area contributed by atoms with Gasteiger partial charge in [-0.2, -0.15) is 0 Å². The van der Waals surface area contributed by atoms with Crippen LogP contribution in [0.15, 0.2) is 17.3 Å². The van der Waals surface area contributed by atoms with E-state index in [1.807, 2.05) is 6.08 Å². The smallest absolute Gasteiger partial charge is 0.278 e. The van der Waals surface area contributed by atoms with Crippen molar-refractivity contribution in [1.82, 2.24) is 0 Å². The van der Waals surface area contributed by atoms with Crippen LogP contribution in [-0.2, 0) is 4.74 Å². The van der Waals surface area contributed by atoms with Crippen molar-refractivity contribution in [2.75, 3.05) is 6.61 Å². The van der Waals surface area contributed by atoms with Gasteiger partial charge < -0.3 is 4.74 Å². The highest BCUT2D eigenvalue weighted by atomic mass is 16.5. The van der Waals surface area contributed by atoms with E-state index in [2.05, 4.69) is 11.4 Å². The molecule has 1 aliphatic heterocycles. The van der Waals surface area contributed by atoms with Gasteiger partial charge >= 0.3 is 0 Å². The second kappa shape index (κ2) is 2.39. The second-order valence-corrected chi connectivity index (χ2v) is 1.24. The third-order valence-corrected chi connectivity index (χ3v) is 0.684. The summed E-state index contributed by atoms with van der Waals surface area (Å²) in [4.78, 5) is 3.62. The first kappa shape index (κ1) is 4.37. The van der Waals surface area contributed by atoms with Crippen molar-refractivity contribution in [3.05, 3.63) is 12.3 Å². The van der Waals surface area contributed by atoms with E-state index in [4.69, 9.17) is 4.74 Å². The van der Waals surface area contributed by atoms with Gasteiger partial charge in [-0.1, -0.05) is 6.08 Å². The predicted molar refractivity (Wildman–Crippen MR) is 27.1 cm³/mol. The Balaban J connectivity index is 2.39. The SMILES string of the molecule is [C]1=NC=CCCO1. The molecule has 0 aromatic carbocycles. The molecule has 0 fully saturated rings. The minimum Gasteiger partial charge on any atom is -0.474 e. The van der Waals surface area contributed by atoms with E-state index in [1.54, 1.807) is 6.20 Å². The normalized spacial score (nSPS) is 18.3. The summed E-state index contributed by atoms with van der Waals surface area (Å²) in [6, 6.07) is 0. The lowest BCUT2D eigenvalue weighted by Crippen LogP contribution is -1.85. The minimum atomic E-state index is 0.708. The summed E-state index contributed by atoms with van der Waals surface area (Å²) >= 11 is 0. The van der Waals surface area contributed by atoms with Crippen LogP contribution >= 0.6 is 0 Å². The molecule has 0 N–H and O–H groups in total. The molecule has 2 heteroatoms. The van der Waals surface area contributed by atoms with Gasteiger partial charge in [0.2, 0.25) is 0 Å². The third-order valence-electron chi connectivity index (χ3n) is 0.684. The lowest BCUT2D eigenvalue weighted by atomic mass is 10.4. The first-order valence-electron chi connectivity index (χ1n) is 2.22. The van der Waals surface area contributed by atoms with Gasteiger partial charge in [0.25, 0.3) is 6.40 Å². The van der Waals surface area contributed by atoms with Crippen molar-refractivity contribution < 1.29 is 4.74 Å². The van der Waals surface area contributed by atoms with E-state index in [0.29, 0.717) is 6.61 Å². The zero-order valence-corrected chi connectivity index (χ0v) is 3.92. The first-order valence-corrected chi connectivity index (χ1v) is 2.22. The zero-order chi connectivity index (χ0) is 4.95. The maximum atomic E-state index is 4.72. The fourth-order valence-electron chi connectivity index (χ4n) is 0.368. The zero-order valence-electron chi connectivity index (χ0n) is 3.92. The maximum absolute atomic E-state index is 4.72. The Bertz CT molecular complexity index is 84.3. The molecule has 1 aliphatic rings. The Morgan fingerprint density at radius 1 is 1.71 bits per heavy atom. The van der Waals surface area contributed by atoms with Gasteiger partial charge in [0.05, 0.1) is 6.61 Å². The van der Waals surface area contributed by atoms with Gasteiger partial charge in [-0.15, -0.1) is 0 Å². The number of hydrogen-bond donors (Lipinski definition) is 0. The fraction of sp³-hybridized carbons (Fsp3) is 0.400. The highest BCUT2D eigenvalue weighted by Crippen LogP contribution is 1.88. The topological polar surface area (TPSA) is 21.6 Å². The largest absolute Gasteiger partial charge is 0.474 e. The van der Waals surface area contributed by atoms with E-state index in [9.17, 15) is 0 Å². The molecule has 0 saturated heterocycles. The van der Waals surface area contributed by atoms with E-state index < -0.39 is 0 Å². The molecule has 0 saturated carbocycles. The molecule has 0 unspecified atom stereocenters. The van der Waals surface area contributed by atoms with Gasteiger partial charge in [0.1, 0.15) is 0 Å². The van der Waals surface area contributed by atoms with Crippen molar-refractivity contribution in [1.29, 1.82) is 0 Å². The highest BCUT2D eigenvalue weighted by Gasteiger charge is 1.82. The van der Waals surface area contributed by atoms with E-state index in [-0.39, 0.29) is 0 Å². The number of nitrogens with zero attached hydrogens (tertiary/aromatic N) is 1. The second-order valence-electron chi connectivity index (χ2n) is 1.24. The molecule has 0 aromatic rings. The Morgan fingerprint density at radius 3 is 3.71 bits per heavy atom. The molecule has 0 aromatic heterocycles. The molecule has 1 radical (unpaired) electrons. The molecule has 2 nitrogen and oxygen atoms in total. The molecule has 1 rings (SSSR count). The number of rotatable bonds is 0. The van der Waals surface area contributed by atoms with Gasteiger partial charge in [-0.3, -0.25) is 0 Å². The molecule has 0 spiro atoms. The Labute approximate surface area is 42.5 Å². The van der Waals surface area contributed by atoms with Crippen LogP contribution in [0.1, 0.15) is 6.42 Å². The standard InChI is InChI=1S/C5H6NO/c1-2-4-7-5-6-3-1/h1,3H,2,4H2. The van der Waals surface area contributed by atoms with E-state index in [0.717, 1.165) is 6.42 Å². The van der Waals surface area contributed by atoms with Crippen LogP contribution in [-0.4, -0.2) is 13.0 Å². The van der Waals surface area contributed by atoms with Crippen LogP contribution in [0.5, 0.6) is 0 Å². The van der Waals surface area contributed by atoms with Crippen LogP contribution in [0.3, 0.4) is 0 Å². The molecule has 0 atom stereocenters. The van der Waals surface area contributed by atoms with Gasteiger partial charge in [0.15, 0.2) is 0 Å². The van der Waals surface area contributed by atoms with Crippen molar-refractivity contribution in [2.45, 2.75) is 6.42 Å². The van der Waals surface area contributed by atoms with Gasteiger partial charge in [-0.25, -0.2) is 4.99 Å². The number of aliphatic imine (C=N–C) groups is 1. The average Bonchev–Trinajstić information content (AvgIpc) is 1.90. The fourth-order valence-corrected chi connectivity index (χ4v) is 0.368. The third kappa shape index (κ3) is 1.39. The predicted octanol–water partition coefficient (Wildman–Crippen LogP) is 0.826. The minimum absolute atomic E-state index is 0.708. The summed E-state index contributed by atoms with van der Waals surface area (Å²) in [5, 5.41) is 0. The van der Waals surface area contributed by atoms with Crippen molar-refractivity contribution >= 4 is 6.40 Å². The van der Waals surface area contributed by atoms with Crippen molar-refractivity contribution in [2.24, 2.45) is 4.99 Å². The summed E-state index contributed by atoms with van der Waals surface area (Å²) in [5.74, 6) is 0. The Morgan fingerprint density at radius 2 is 2.71 bits per heavy atom. The van der Waals surface area contributed by atoms with Gasteiger partial charge in [-0.05, 0) is 0 Å². The monoisotopic (exact) mass is 96.0 g/mol. The van der Waals surface area contributed by atoms with Crippen LogP contribution in [0.25, 0.3) is 0 Å². The van der Waals surface area contributed by atoms with Crippen LogP contribution in [0, 0.1) is 0 Å². The molecular weight excluding hydrogens is 90.1 g/mol. The summed E-state index contributed by atoms with van der Waals surface area (Å²) in [7, 11) is 0. The lowest BCUT2D eigenvalue weighted by Gasteiger charge is -1.86. The van der Waals surface area contributed by atoms with E-state index in [1.165, 1.54) is 0 Å². The van der Waals surface area contributed by atoms with Crippen LogP contribution < -0.4 is 0 Å². The Hall–Kier alpha value is -0.790. The molecule has 37 valence electrons. The van der Waals surface area contributed by atoms with Gasteiger partial charge in [0, 0.05) is 12.6 Å². The number of hydrogen-bond acceptors (Lipinski definition) is 2. The molecular formula is C5H6NO. The average molecular weight is 96.1 g/mol. The molecule has 1 heterocycles. The summed E-state index contributed by atoms with van der Waals surface area (Å²) in [6.45, 7) is 0.708.